The van der Waals surface area contributed by atoms with Gasteiger partial charge in [-0.05, 0) is 12.2 Å². The van der Waals surface area contributed by atoms with Gasteiger partial charge in [-0.25, -0.2) is 0 Å². The Morgan fingerprint density at radius 3 is 2.27 bits per heavy atom. The monoisotopic (exact) mass is 149 g/mol. The average molecular weight is 149 g/mol. The lowest BCUT2D eigenvalue weighted by Gasteiger charge is -1.89. The highest BCUT2D eigenvalue weighted by molar-refractivity contribution is 5.92. The van der Waals surface area contributed by atoms with Gasteiger partial charge in [0, 0.05) is 22.9 Å². The second kappa shape index (κ2) is 2.96. The minimum atomic E-state index is 0.453. The van der Waals surface area contributed by atoms with Crippen molar-refractivity contribution in [2.75, 3.05) is 0 Å². The molecule has 0 fully saturated rings. The van der Waals surface area contributed by atoms with Crippen LogP contribution < -0.4 is 5.73 Å². The van der Waals surface area contributed by atoms with Crippen molar-refractivity contribution < 1.29 is 9.59 Å². The van der Waals surface area contributed by atoms with Gasteiger partial charge in [0.25, 0.3) is 0 Å². The molecule has 0 saturated heterocycles. The molecule has 11 heavy (non-hydrogen) atoms. The number of hydrogen-bond acceptors (Lipinski definition) is 3. The number of aldehydes is 2. The molecule has 0 saturated carbocycles. The fourth-order valence-corrected chi connectivity index (χ4v) is 0.882. The number of carbonyl (C=O) groups excluding carboxylic acids is 2. The molecular formula is C8H7NO2. The summed E-state index contributed by atoms with van der Waals surface area (Å²) in [4.78, 5) is 20.6. The molecule has 1 aliphatic carbocycles. The van der Waals surface area contributed by atoms with Crippen molar-refractivity contribution in [1.29, 1.82) is 0 Å². The van der Waals surface area contributed by atoms with Crippen LogP contribution in [-0.2, 0) is 9.59 Å². The summed E-state index contributed by atoms with van der Waals surface area (Å²) in [5, 5.41) is 0. The Hall–Kier alpha value is -1.64. The van der Waals surface area contributed by atoms with Crippen LogP contribution in [0.4, 0.5) is 0 Å². The maximum atomic E-state index is 10.3. The zero-order chi connectivity index (χ0) is 8.27. The molecule has 1 aliphatic rings. The van der Waals surface area contributed by atoms with Crippen molar-refractivity contribution >= 4 is 12.6 Å². The standard InChI is InChI=1S/C8H7NO2/c9-3-7-1-6(4-10)2-8(7)5-11/h1-5H,9H2/b7-3+. The number of nitrogens with two attached hydrogens (primary N) is 1. The second-order valence-corrected chi connectivity index (χ2v) is 2.10. The van der Waals surface area contributed by atoms with Gasteiger partial charge in [0.15, 0.2) is 6.29 Å². The Morgan fingerprint density at radius 1 is 1.18 bits per heavy atom. The maximum absolute atomic E-state index is 10.3. The van der Waals surface area contributed by atoms with Crippen LogP contribution in [0.2, 0.25) is 0 Å². The van der Waals surface area contributed by atoms with Crippen LogP contribution >= 0.6 is 0 Å². The van der Waals surface area contributed by atoms with Crippen LogP contribution in [0.25, 0.3) is 0 Å². The first-order valence-corrected chi connectivity index (χ1v) is 3.08. The summed E-state index contributed by atoms with van der Waals surface area (Å²) in [6, 6.07) is 0. The molecule has 0 aromatic rings. The van der Waals surface area contributed by atoms with E-state index >= 15 is 0 Å². The van der Waals surface area contributed by atoms with E-state index < -0.39 is 0 Å². The van der Waals surface area contributed by atoms with Crippen LogP contribution in [-0.4, -0.2) is 12.6 Å². The topological polar surface area (TPSA) is 60.2 Å². The molecule has 1 rings (SSSR count). The predicted molar refractivity (Wildman–Crippen MR) is 40.6 cm³/mol. The zero-order valence-corrected chi connectivity index (χ0v) is 5.78. The minimum absolute atomic E-state index is 0.453. The van der Waals surface area contributed by atoms with E-state index in [2.05, 4.69) is 0 Å². The van der Waals surface area contributed by atoms with Gasteiger partial charge in [0.1, 0.15) is 6.29 Å². The van der Waals surface area contributed by atoms with Gasteiger partial charge < -0.3 is 5.73 Å². The third-order valence-electron chi connectivity index (χ3n) is 1.42. The molecule has 0 amide bonds. The van der Waals surface area contributed by atoms with Gasteiger partial charge in [-0.15, -0.1) is 0 Å². The van der Waals surface area contributed by atoms with E-state index in [1.54, 1.807) is 6.08 Å². The molecule has 0 unspecified atom stereocenters. The Labute approximate surface area is 63.9 Å². The van der Waals surface area contributed by atoms with Gasteiger partial charge in [0.2, 0.25) is 0 Å². The molecular weight excluding hydrogens is 142 g/mol. The Morgan fingerprint density at radius 2 is 1.91 bits per heavy atom. The van der Waals surface area contributed by atoms with Crippen LogP contribution in [0.5, 0.6) is 0 Å². The molecule has 0 aliphatic heterocycles. The summed E-state index contributed by atoms with van der Waals surface area (Å²) in [5.74, 6) is 0. The van der Waals surface area contributed by atoms with Crippen LogP contribution in [0, 0.1) is 0 Å². The van der Waals surface area contributed by atoms with E-state index in [1.807, 2.05) is 0 Å². The molecule has 0 radical (unpaired) electrons. The number of allylic oxidation sites excluding steroid dienone is 5. The summed E-state index contributed by atoms with van der Waals surface area (Å²) < 4.78 is 0. The lowest BCUT2D eigenvalue weighted by Crippen LogP contribution is -1.88. The van der Waals surface area contributed by atoms with Gasteiger partial charge in [-0.3, -0.25) is 9.59 Å². The SMILES string of the molecule is N/C=C1\C=C(C=O)C=C1C=O. The summed E-state index contributed by atoms with van der Waals surface area (Å²) in [5.41, 5.74) is 6.72. The van der Waals surface area contributed by atoms with Gasteiger partial charge in [-0.2, -0.15) is 0 Å². The first-order chi connectivity index (χ1) is 5.31. The molecule has 0 spiro atoms. The fraction of sp³-hybridized carbons (Fsp3) is 0. The highest BCUT2D eigenvalue weighted by Gasteiger charge is 2.09. The largest absolute Gasteiger partial charge is 0.404 e. The first kappa shape index (κ1) is 7.47. The Bertz CT molecular complexity index is 284. The summed E-state index contributed by atoms with van der Waals surface area (Å²) in [6.45, 7) is 0. The van der Waals surface area contributed by atoms with Gasteiger partial charge in [-0.1, -0.05) is 0 Å². The van der Waals surface area contributed by atoms with E-state index in [1.165, 1.54) is 12.3 Å². The number of rotatable bonds is 2. The summed E-state index contributed by atoms with van der Waals surface area (Å²) in [7, 11) is 0. The Kier molecular flexibility index (Phi) is 2.01. The van der Waals surface area contributed by atoms with Crippen molar-refractivity contribution in [2.45, 2.75) is 0 Å². The van der Waals surface area contributed by atoms with Crippen LogP contribution in [0.15, 0.2) is 35.1 Å². The smallest absolute Gasteiger partial charge is 0.150 e. The number of hydrogen-bond donors (Lipinski definition) is 1. The highest BCUT2D eigenvalue weighted by Crippen LogP contribution is 2.19. The van der Waals surface area contributed by atoms with Gasteiger partial charge >= 0.3 is 0 Å². The van der Waals surface area contributed by atoms with Crippen LogP contribution in [0.3, 0.4) is 0 Å². The number of carbonyl (C=O) groups is 2. The lowest BCUT2D eigenvalue weighted by atomic mass is 10.2. The van der Waals surface area contributed by atoms with E-state index in [9.17, 15) is 9.59 Å². The second-order valence-electron chi connectivity index (χ2n) is 2.10. The van der Waals surface area contributed by atoms with Crippen molar-refractivity contribution in [1.82, 2.24) is 0 Å². The van der Waals surface area contributed by atoms with Crippen molar-refractivity contribution in [2.24, 2.45) is 5.73 Å². The molecule has 56 valence electrons. The van der Waals surface area contributed by atoms with E-state index in [0.29, 0.717) is 29.3 Å². The fourth-order valence-electron chi connectivity index (χ4n) is 0.882. The van der Waals surface area contributed by atoms with E-state index in [-0.39, 0.29) is 0 Å². The molecule has 2 N–H and O–H groups in total. The molecule has 0 aromatic carbocycles. The molecule has 3 heteroatoms. The average Bonchev–Trinajstić information content (AvgIpc) is 2.46. The van der Waals surface area contributed by atoms with Crippen LogP contribution in [0.1, 0.15) is 0 Å². The highest BCUT2D eigenvalue weighted by atomic mass is 16.1. The lowest BCUT2D eigenvalue weighted by molar-refractivity contribution is -0.105. The minimum Gasteiger partial charge on any atom is -0.404 e. The van der Waals surface area contributed by atoms with E-state index in [4.69, 9.17) is 5.73 Å². The summed E-state index contributed by atoms with van der Waals surface area (Å²) in [6.07, 6.45) is 5.72. The molecule has 0 bridgehead atoms. The van der Waals surface area contributed by atoms with Gasteiger partial charge in [0.05, 0.1) is 0 Å². The maximum Gasteiger partial charge on any atom is 0.150 e. The molecule has 0 atom stereocenters. The molecule has 3 nitrogen and oxygen atoms in total. The molecule has 0 aromatic heterocycles. The quantitative estimate of drug-likeness (QED) is 0.566. The third-order valence-corrected chi connectivity index (χ3v) is 1.42. The van der Waals surface area contributed by atoms with Crippen molar-refractivity contribution in [3.8, 4) is 0 Å². The third kappa shape index (κ3) is 1.26. The van der Waals surface area contributed by atoms with E-state index in [0.717, 1.165) is 0 Å². The van der Waals surface area contributed by atoms with Crippen molar-refractivity contribution in [3.05, 3.63) is 35.1 Å². The summed E-state index contributed by atoms with van der Waals surface area (Å²) >= 11 is 0. The normalized spacial score (nSPS) is 19.5. The van der Waals surface area contributed by atoms with Crippen molar-refractivity contribution in [3.63, 3.8) is 0 Å². The predicted octanol–water partition coefficient (Wildman–Crippen LogP) is 0.0932. The molecule has 0 heterocycles. The first-order valence-electron chi connectivity index (χ1n) is 3.08. The zero-order valence-electron chi connectivity index (χ0n) is 5.78. The Balaban J connectivity index is 3.04.